The van der Waals surface area contributed by atoms with Gasteiger partial charge in [0, 0.05) is 50.1 Å². The van der Waals surface area contributed by atoms with Gasteiger partial charge >= 0.3 is 0 Å². The quantitative estimate of drug-likeness (QED) is 0.512. The second-order valence-corrected chi connectivity index (χ2v) is 9.48. The molecule has 0 saturated carbocycles. The Hall–Kier alpha value is -3.50. The third-order valence-corrected chi connectivity index (χ3v) is 7.11. The molecule has 0 radical (unpaired) electrons. The van der Waals surface area contributed by atoms with Crippen molar-refractivity contribution in [1.29, 1.82) is 0 Å². The molecule has 36 heavy (non-hydrogen) atoms. The van der Waals surface area contributed by atoms with E-state index in [1.807, 2.05) is 11.8 Å². The molecule has 190 valence electrons. The summed E-state index contributed by atoms with van der Waals surface area (Å²) in [6.07, 6.45) is 4.82. The molecular formula is C26H30FN5O4. The number of hydrogen-bond acceptors (Lipinski definition) is 5. The maximum atomic E-state index is 14.7. The molecule has 2 aromatic rings. The van der Waals surface area contributed by atoms with Crippen LogP contribution in [0.1, 0.15) is 45.7 Å². The molecule has 9 nitrogen and oxygen atoms in total. The Kier molecular flexibility index (Phi) is 6.63. The van der Waals surface area contributed by atoms with Crippen molar-refractivity contribution in [3.8, 4) is 0 Å². The van der Waals surface area contributed by atoms with Crippen LogP contribution in [-0.4, -0.2) is 78.9 Å². The zero-order chi connectivity index (χ0) is 25.4. The predicted octanol–water partition coefficient (Wildman–Crippen LogP) is 2.63. The highest BCUT2D eigenvalue weighted by Gasteiger charge is 2.31. The number of aromatic amines is 1. The first-order chi connectivity index (χ1) is 17.4. The molecule has 0 spiro atoms. The number of carbonyl (C=O) groups excluding carboxylic acids is 3. The number of hydrogen-bond donors (Lipinski definition) is 3. The first-order valence-corrected chi connectivity index (χ1v) is 12.2. The Bertz CT molecular complexity index is 1260. The summed E-state index contributed by atoms with van der Waals surface area (Å²) < 4.78 is 19.5. The van der Waals surface area contributed by atoms with Crippen LogP contribution in [-0.2, 0) is 20.7 Å². The number of likely N-dealkylation sites (tertiary alicyclic amines) is 1. The molecule has 0 atom stereocenters. The fraction of sp³-hybridized carbons (Fsp3) is 0.423. The first-order valence-electron chi connectivity index (χ1n) is 12.2. The third-order valence-electron chi connectivity index (χ3n) is 7.11. The van der Waals surface area contributed by atoms with Crippen LogP contribution >= 0.6 is 0 Å². The summed E-state index contributed by atoms with van der Waals surface area (Å²) in [4.78, 5) is 45.4. The topological polar surface area (TPSA) is 107 Å². The zero-order valence-electron chi connectivity index (χ0n) is 20.5. The van der Waals surface area contributed by atoms with E-state index in [0.717, 1.165) is 30.9 Å². The molecule has 0 aliphatic carbocycles. The Morgan fingerprint density at radius 2 is 1.97 bits per heavy atom. The highest BCUT2D eigenvalue weighted by Crippen LogP contribution is 2.37. The number of carbonyl (C=O) groups is 3. The number of methoxy groups -OCH3 is 1. The summed E-state index contributed by atoms with van der Waals surface area (Å²) in [5.74, 6) is -1.53. The Balaban J connectivity index is 1.39. The average Bonchev–Trinajstić information content (AvgIpc) is 3.54. The van der Waals surface area contributed by atoms with E-state index in [4.69, 9.17) is 4.74 Å². The second kappa shape index (κ2) is 9.87. The summed E-state index contributed by atoms with van der Waals surface area (Å²) in [5.41, 5.74) is 4.01. The van der Waals surface area contributed by atoms with Crippen LogP contribution in [0, 0.1) is 12.7 Å². The Morgan fingerprint density at radius 3 is 2.72 bits per heavy atom. The van der Waals surface area contributed by atoms with Crippen LogP contribution in [0.5, 0.6) is 0 Å². The standard InChI is InChI=1S/C26H30FN5O4/c1-15-20(28-19-5-8-32(26(35)24(15)19)10-9-31-6-3-4-7-31)12-17-16-11-18(27)22(29-23(33)14-36-2)13-21(16)30-25(17)34/h11-13,28H,3-10,14H2,1-2H3,(H,29,33)(H,30,34). The molecule has 3 amide bonds. The summed E-state index contributed by atoms with van der Waals surface area (Å²) in [5, 5.41) is 5.17. The van der Waals surface area contributed by atoms with Gasteiger partial charge in [-0.25, -0.2) is 4.39 Å². The predicted molar refractivity (Wildman–Crippen MR) is 134 cm³/mol. The van der Waals surface area contributed by atoms with Crippen molar-refractivity contribution in [2.24, 2.45) is 0 Å². The molecule has 3 aliphatic rings. The molecule has 1 saturated heterocycles. The van der Waals surface area contributed by atoms with Gasteiger partial charge in [-0.15, -0.1) is 0 Å². The van der Waals surface area contributed by atoms with Gasteiger partial charge < -0.3 is 30.2 Å². The van der Waals surface area contributed by atoms with E-state index in [2.05, 4.69) is 20.5 Å². The van der Waals surface area contributed by atoms with Crippen molar-refractivity contribution >= 4 is 40.7 Å². The smallest absolute Gasteiger partial charge is 0.256 e. The Labute approximate surface area is 208 Å². The molecule has 3 aliphatic heterocycles. The minimum absolute atomic E-state index is 0.00704. The van der Waals surface area contributed by atoms with Crippen molar-refractivity contribution < 1.29 is 23.5 Å². The SMILES string of the molecule is COCC(=O)Nc1cc2c(cc1F)C(=Cc1[nH]c3c(c1C)C(=O)N(CCN1CCCC1)CC3)C(=O)N2. The number of nitrogens with one attached hydrogen (secondary N) is 3. The van der Waals surface area contributed by atoms with Gasteiger partial charge in [0.2, 0.25) is 5.91 Å². The fourth-order valence-electron chi connectivity index (χ4n) is 5.20. The number of rotatable bonds is 7. The summed E-state index contributed by atoms with van der Waals surface area (Å²) in [7, 11) is 1.37. The number of nitrogens with zero attached hydrogens (tertiary/aromatic N) is 2. The van der Waals surface area contributed by atoms with E-state index in [0.29, 0.717) is 47.6 Å². The first kappa shape index (κ1) is 24.2. The highest BCUT2D eigenvalue weighted by molar-refractivity contribution is 6.35. The highest BCUT2D eigenvalue weighted by atomic mass is 19.1. The normalized spacial score (nSPS) is 18.5. The van der Waals surface area contributed by atoms with Gasteiger partial charge in [-0.1, -0.05) is 0 Å². The van der Waals surface area contributed by atoms with E-state index in [1.54, 1.807) is 6.08 Å². The van der Waals surface area contributed by atoms with E-state index in [9.17, 15) is 18.8 Å². The van der Waals surface area contributed by atoms with Gasteiger partial charge in [0.1, 0.15) is 12.4 Å². The summed E-state index contributed by atoms with van der Waals surface area (Å²) in [6, 6.07) is 2.62. The molecule has 10 heteroatoms. The van der Waals surface area contributed by atoms with E-state index in [1.165, 1.54) is 32.1 Å². The molecule has 1 fully saturated rings. The number of ether oxygens (including phenoxy) is 1. The van der Waals surface area contributed by atoms with Crippen molar-refractivity contribution in [3.63, 3.8) is 0 Å². The van der Waals surface area contributed by atoms with Gasteiger partial charge in [0.15, 0.2) is 0 Å². The number of halogens is 1. The lowest BCUT2D eigenvalue weighted by Gasteiger charge is -2.29. The van der Waals surface area contributed by atoms with E-state index < -0.39 is 11.7 Å². The number of aromatic nitrogens is 1. The fourth-order valence-corrected chi connectivity index (χ4v) is 5.20. The average molecular weight is 496 g/mol. The second-order valence-electron chi connectivity index (χ2n) is 9.48. The lowest BCUT2D eigenvalue weighted by Crippen LogP contribution is -2.42. The number of H-pyrrole nitrogens is 1. The maximum Gasteiger partial charge on any atom is 0.256 e. The largest absolute Gasteiger partial charge is 0.375 e. The number of benzene rings is 1. The molecule has 0 unspecified atom stereocenters. The Morgan fingerprint density at radius 1 is 1.19 bits per heavy atom. The summed E-state index contributed by atoms with van der Waals surface area (Å²) >= 11 is 0. The van der Waals surface area contributed by atoms with E-state index in [-0.39, 0.29) is 24.1 Å². The zero-order valence-corrected chi connectivity index (χ0v) is 20.5. The van der Waals surface area contributed by atoms with Crippen molar-refractivity contribution in [1.82, 2.24) is 14.8 Å². The van der Waals surface area contributed by atoms with Gasteiger partial charge in [-0.2, -0.15) is 0 Å². The van der Waals surface area contributed by atoms with Crippen LogP contribution in [0.3, 0.4) is 0 Å². The van der Waals surface area contributed by atoms with Crippen LogP contribution in [0.15, 0.2) is 12.1 Å². The summed E-state index contributed by atoms with van der Waals surface area (Å²) in [6.45, 7) is 6.10. The molecule has 4 heterocycles. The van der Waals surface area contributed by atoms with Crippen molar-refractivity contribution in [2.45, 2.75) is 26.2 Å². The molecule has 0 bridgehead atoms. The molecule has 1 aromatic heterocycles. The monoisotopic (exact) mass is 495 g/mol. The maximum absolute atomic E-state index is 14.7. The molecule has 1 aromatic carbocycles. The molecular weight excluding hydrogens is 465 g/mol. The molecule has 5 rings (SSSR count). The minimum atomic E-state index is -0.660. The number of anilines is 2. The number of fused-ring (bicyclic) bond motifs is 2. The molecule has 3 N–H and O–H groups in total. The van der Waals surface area contributed by atoms with E-state index >= 15 is 0 Å². The van der Waals surface area contributed by atoms with Crippen molar-refractivity contribution in [3.05, 3.63) is 46.0 Å². The van der Waals surface area contributed by atoms with Crippen LogP contribution < -0.4 is 10.6 Å². The van der Waals surface area contributed by atoms with Crippen LogP contribution in [0.2, 0.25) is 0 Å². The lowest BCUT2D eigenvalue weighted by atomic mass is 10.0. The van der Waals surface area contributed by atoms with Crippen molar-refractivity contribution in [2.75, 3.05) is 57.1 Å². The van der Waals surface area contributed by atoms with Gasteiger partial charge in [-0.05, 0) is 56.6 Å². The van der Waals surface area contributed by atoms with Gasteiger partial charge in [0.05, 0.1) is 22.5 Å². The number of amides is 3. The third kappa shape index (κ3) is 4.54. The lowest BCUT2D eigenvalue weighted by molar-refractivity contribution is -0.119. The van der Waals surface area contributed by atoms with Gasteiger partial charge in [-0.3, -0.25) is 14.4 Å². The van der Waals surface area contributed by atoms with Crippen LogP contribution in [0.4, 0.5) is 15.8 Å². The van der Waals surface area contributed by atoms with Crippen LogP contribution in [0.25, 0.3) is 11.6 Å². The minimum Gasteiger partial charge on any atom is -0.375 e. The van der Waals surface area contributed by atoms with Gasteiger partial charge in [0.25, 0.3) is 11.8 Å².